The number of rotatable bonds is 26. The summed E-state index contributed by atoms with van der Waals surface area (Å²) in [5.41, 5.74) is 21.2. The van der Waals surface area contributed by atoms with Crippen LogP contribution in [-0.2, 0) is 112 Å². The molecule has 137 heavy (non-hydrogen) atoms. The van der Waals surface area contributed by atoms with Gasteiger partial charge >= 0.3 is 5.97 Å². The predicted molar refractivity (Wildman–Crippen MR) is 508 cm³/mol. The van der Waals surface area contributed by atoms with E-state index in [-0.39, 0.29) is 82.5 Å². The first kappa shape index (κ1) is 108. The van der Waals surface area contributed by atoms with Gasteiger partial charge in [-0.25, -0.2) is 0 Å². The van der Waals surface area contributed by atoms with Gasteiger partial charge in [0.05, 0.1) is 24.7 Å². The maximum Gasteiger partial charge on any atom is 0.305 e. The van der Waals surface area contributed by atoms with Crippen molar-refractivity contribution < 1.29 is 102 Å². The standard InChI is InChI=1S/C96H129N19O21S/c1-50(2)39-66-83(123)107-70(42-57-29-33-60(34-30-57)59-23-15-12-16-24-59)90(130)112-79(52(5)6)93(133)103-65(27-19-37-97)96(136)115-38-20-28-75(115)92(132)110-72(45-76(98)118)87(127)105-67(40-51(3)4)89(129)113-80(53(7)8)94(134)114-81(55(10)116)95(135)111-74(91(131)101-54(9)82(99)122)48-137-49-77(119)102-68(41-56-21-13-11-14-22-56)84(124)106-69(43-58-31-35-62(117)36-32-58)85(125)109-73(46-78(120)121)88(128)108-71(86(126)104-66)44-61-47-100-64-26-18-17-25-63(61)64/h11-18,21-26,29-36,47,50-55,65-75,79-81,100,116-117H,19-20,27-28,37-46,48-49,97H2,1-10H3,(H2,98,118)(H2,99,122)(H,101,131)(H,102,119)(H,103,133)(H,104,126)(H,105,127)(H,106,124)(H,107,123)(H,108,128)(H,109,125)(H,110,132)(H,111,135)(H,112,130)(H,113,129)(H,114,134)(H,120,121)/t54-,55+,65-,66-,67-,68-,69-,70-,71-,72-,73-,74-,75+,79-,80-,81-/m0/s1. The molecule has 8 rings (SSSR count). The normalized spacial score (nSPS) is 23.8. The zero-order chi connectivity index (χ0) is 101. The molecule has 3 heterocycles. The van der Waals surface area contributed by atoms with Crippen LogP contribution in [0.2, 0.25) is 0 Å². The second-order valence-electron chi connectivity index (χ2n) is 36.0. The van der Waals surface area contributed by atoms with E-state index in [1.54, 1.807) is 127 Å². The summed E-state index contributed by atoms with van der Waals surface area (Å²) in [6, 6.07) is 12.5. The molecule has 0 aliphatic carbocycles. The first-order valence-electron chi connectivity index (χ1n) is 45.8. The molecule has 0 radical (unpaired) electrons. The number of amides is 17. The number of para-hydroxylation sites is 1. The fourth-order valence-electron chi connectivity index (χ4n) is 15.8. The maximum absolute atomic E-state index is 15.5. The van der Waals surface area contributed by atoms with E-state index < -0.39 is 252 Å². The maximum atomic E-state index is 15.5. The molecule has 40 nitrogen and oxygen atoms in total. The molecule has 17 amide bonds. The van der Waals surface area contributed by atoms with E-state index in [9.17, 15) is 63.3 Å². The average Bonchev–Trinajstić information content (AvgIpc) is 1.72. The molecular weight excluding hydrogens is 1790 g/mol. The number of benzene rings is 5. The first-order valence-corrected chi connectivity index (χ1v) is 46.9. The number of aromatic amines is 1. The van der Waals surface area contributed by atoms with Gasteiger partial charge < -0.3 is 117 Å². The number of phenols is 1. The quantitative estimate of drug-likeness (QED) is 0.0332. The summed E-state index contributed by atoms with van der Waals surface area (Å²) in [4.78, 5) is 266. The van der Waals surface area contributed by atoms with E-state index >= 15 is 38.4 Å². The highest BCUT2D eigenvalue weighted by Gasteiger charge is 2.44. The Balaban J connectivity index is 1.21. The summed E-state index contributed by atoms with van der Waals surface area (Å²) >= 11 is 0.705. The van der Waals surface area contributed by atoms with Crippen molar-refractivity contribution in [2.75, 3.05) is 24.6 Å². The minimum absolute atomic E-state index is 0.00231. The third-order valence-corrected chi connectivity index (χ3v) is 24.2. The molecule has 740 valence electrons. The number of carboxylic acid groups (broad SMARTS) is 1. The topological polar surface area (TPSA) is 633 Å². The van der Waals surface area contributed by atoms with Crippen LogP contribution in [0.5, 0.6) is 5.75 Å². The van der Waals surface area contributed by atoms with Crippen LogP contribution in [0.15, 0.2) is 140 Å². The van der Waals surface area contributed by atoms with Crippen molar-refractivity contribution >= 4 is 129 Å². The zero-order valence-corrected chi connectivity index (χ0v) is 79.2. The predicted octanol–water partition coefficient (Wildman–Crippen LogP) is -0.285. The van der Waals surface area contributed by atoms with Gasteiger partial charge in [0, 0.05) is 55.1 Å². The Labute approximate surface area is 798 Å². The molecule has 0 bridgehead atoms. The SMILES string of the molecule is CC(C)C[C@@H]1NC(=O)[C@H](Cc2c[nH]c3ccccc23)NC(=O)[C@H](CC(=O)O)NC(=O)[C@H](Cc2ccc(O)cc2)NC(=O)[C@H](Cc2ccccc2)NC(=O)CSC[C@@H](C(=O)N[C@@H](C)C(N)=O)NC(=O)[C@H]([C@@H](C)O)NC(=O)[C@H](C(C)C)NC(=O)[C@H](CC(C)C)NC(=O)[C@H](CC(N)=O)NC(=O)[C@H]2CCCN2C(=O)[C@H](CCCN)NC(=O)[C@H](C(C)C)NC(=O)[C@H](Cc2ccc(-c3ccccc3)cc2)NC1=O. The Hall–Kier alpha value is -13.8. The van der Waals surface area contributed by atoms with Gasteiger partial charge in [-0.05, 0) is 134 Å². The Bertz CT molecular complexity index is 5240. The zero-order valence-electron chi connectivity index (χ0n) is 78.4. The molecule has 2 saturated heterocycles. The number of phenolic OH excluding ortho intramolecular Hbond substituents is 1. The molecule has 0 spiro atoms. The van der Waals surface area contributed by atoms with Gasteiger partial charge in [0.2, 0.25) is 100 Å². The van der Waals surface area contributed by atoms with Crippen LogP contribution in [-0.4, -0.2) is 253 Å². The molecule has 6 aromatic rings. The Morgan fingerprint density at radius 3 is 1.40 bits per heavy atom. The number of aliphatic carboxylic acids is 1. The summed E-state index contributed by atoms with van der Waals surface area (Å²) in [5, 5.41) is 69.2. The summed E-state index contributed by atoms with van der Waals surface area (Å²) in [6.45, 7) is 15.4. The highest BCUT2D eigenvalue weighted by atomic mass is 32.2. The number of aromatic nitrogens is 1. The van der Waals surface area contributed by atoms with Crippen molar-refractivity contribution in [3.8, 4) is 16.9 Å². The molecule has 5 aromatic carbocycles. The molecule has 0 unspecified atom stereocenters. The summed E-state index contributed by atoms with van der Waals surface area (Å²) in [5.74, 6) is -22.7. The number of carbonyl (C=O) groups excluding carboxylic acids is 17. The molecular formula is C96H129N19O21S. The number of H-pyrrole nitrogens is 1. The lowest BCUT2D eigenvalue weighted by molar-refractivity contribution is -0.143. The van der Waals surface area contributed by atoms with E-state index in [0.29, 0.717) is 44.9 Å². The molecule has 2 aliphatic heterocycles. The second kappa shape index (κ2) is 52.3. The van der Waals surface area contributed by atoms with Crippen molar-refractivity contribution in [2.24, 2.45) is 40.9 Å². The molecule has 24 N–H and O–H groups in total. The van der Waals surface area contributed by atoms with Crippen LogP contribution in [0.25, 0.3) is 22.0 Å². The minimum Gasteiger partial charge on any atom is -0.508 e. The number of thioether (sulfide) groups is 1. The first-order chi connectivity index (χ1) is 65.0. The third kappa shape index (κ3) is 33.3. The minimum atomic E-state index is -2.07. The molecule has 41 heteroatoms. The van der Waals surface area contributed by atoms with Gasteiger partial charge in [0.25, 0.3) is 0 Å². The number of aromatic hydroxyl groups is 1. The van der Waals surface area contributed by atoms with Crippen LogP contribution >= 0.6 is 11.8 Å². The third-order valence-electron chi connectivity index (χ3n) is 23.2. The Kier molecular flexibility index (Phi) is 41.4. The summed E-state index contributed by atoms with van der Waals surface area (Å²) in [7, 11) is 0. The average molecular weight is 1920 g/mol. The fourth-order valence-corrected chi connectivity index (χ4v) is 16.6. The number of hydrogen-bond acceptors (Lipinski definition) is 22. The number of hydrogen-bond donors (Lipinski definition) is 21. The summed E-state index contributed by atoms with van der Waals surface area (Å²) in [6.07, 6.45) is -3.51. The number of nitrogens with two attached hydrogens (primary N) is 3. The van der Waals surface area contributed by atoms with Crippen molar-refractivity contribution in [1.29, 1.82) is 0 Å². The lowest BCUT2D eigenvalue weighted by atomic mass is 9.97. The van der Waals surface area contributed by atoms with Gasteiger partial charge in [0.1, 0.15) is 96.4 Å². The molecule has 0 saturated carbocycles. The fraction of sp³-hybridized carbons (Fsp3) is 0.479. The molecule has 2 aliphatic rings. The van der Waals surface area contributed by atoms with E-state index in [2.05, 4.69) is 79.4 Å². The van der Waals surface area contributed by atoms with Crippen LogP contribution in [0.3, 0.4) is 0 Å². The van der Waals surface area contributed by atoms with Crippen molar-refractivity contribution in [2.45, 2.75) is 243 Å². The van der Waals surface area contributed by atoms with E-state index in [1.165, 1.54) is 49.9 Å². The van der Waals surface area contributed by atoms with Gasteiger partial charge in [-0.3, -0.25) is 86.3 Å². The van der Waals surface area contributed by atoms with E-state index in [4.69, 9.17) is 17.2 Å². The molecule has 2 fully saturated rings. The van der Waals surface area contributed by atoms with Crippen LogP contribution in [0.1, 0.15) is 143 Å². The van der Waals surface area contributed by atoms with Gasteiger partial charge in [-0.15, -0.1) is 11.8 Å². The highest BCUT2D eigenvalue weighted by molar-refractivity contribution is 8.00. The van der Waals surface area contributed by atoms with Crippen LogP contribution in [0.4, 0.5) is 0 Å². The number of aliphatic hydroxyl groups excluding tert-OH is 1. The van der Waals surface area contributed by atoms with E-state index in [0.717, 1.165) is 18.1 Å². The Morgan fingerprint density at radius 1 is 0.460 bits per heavy atom. The molecule has 1 aromatic heterocycles. The van der Waals surface area contributed by atoms with Crippen LogP contribution in [0, 0.1) is 23.7 Å². The van der Waals surface area contributed by atoms with Gasteiger partial charge in [-0.2, -0.15) is 0 Å². The lowest BCUT2D eigenvalue weighted by Gasteiger charge is -2.32. The number of carbonyl (C=O) groups is 18. The Morgan fingerprint density at radius 2 is 0.883 bits per heavy atom. The second-order valence-corrected chi connectivity index (χ2v) is 37.1. The van der Waals surface area contributed by atoms with Gasteiger partial charge in [0.15, 0.2) is 0 Å². The van der Waals surface area contributed by atoms with Crippen molar-refractivity contribution in [1.82, 2.24) is 84.3 Å². The van der Waals surface area contributed by atoms with E-state index in [1.807, 2.05) is 30.3 Å². The smallest absolute Gasteiger partial charge is 0.305 e. The van der Waals surface area contributed by atoms with Crippen molar-refractivity contribution in [3.05, 3.63) is 162 Å². The summed E-state index contributed by atoms with van der Waals surface area (Å²) < 4.78 is 0. The highest BCUT2D eigenvalue weighted by Crippen LogP contribution is 2.26. The number of nitrogens with one attached hydrogen (secondary N) is 15. The van der Waals surface area contributed by atoms with Gasteiger partial charge in [-0.1, -0.05) is 171 Å². The largest absolute Gasteiger partial charge is 0.508 e. The number of fused-ring (bicyclic) bond motifs is 2. The lowest BCUT2D eigenvalue weighted by Crippen LogP contribution is -2.63. The number of primary amides is 2. The van der Waals surface area contributed by atoms with Crippen LogP contribution < -0.4 is 91.6 Å². The van der Waals surface area contributed by atoms with Crippen molar-refractivity contribution in [3.63, 3.8) is 0 Å². The number of nitrogens with zero attached hydrogens (tertiary/aromatic N) is 1. The number of aliphatic hydroxyl groups is 1. The molecule has 16 atom stereocenters. The monoisotopic (exact) mass is 1920 g/mol. The number of carboxylic acids is 1.